The number of aryl methyl sites for hydroxylation is 1. The minimum Gasteiger partial charge on any atom is -0.367 e. The number of carbonyl (C=O) groups is 1. The molecule has 2 aromatic heterocycles. The third-order valence-corrected chi connectivity index (χ3v) is 7.53. The minimum atomic E-state index is -0.503. The predicted molar refractivity (Wildman–Crippen MR) is 140 cm³/mol. The summed E-state index contributed by atoms with van der Waals surface area (Å²) >= 11 is 0. The quantitative estimate of drug-likeness (QED) is 0.529. The summed E-state index contributed by atoms with van der Waals surface area (Å²) in [7, 11) is 0. The molecule has 6 rings (SSSR count). The number of carbonyl (C=O) groups excluding carboxylic acids is 1. The average molecular weight is 505 g/mol. The zero-order valence-corrected chi connectivity index (χ0v) is 20.9. The van der Waals surface area contributed by atoms with E-state index >= 15 is 4.39 Å². The van der Waals surface area contributed by atoms with E-state index in [1.54, 1.807) is 6.07 Å². The Morgan fingerprint density at radius 1 is 1.19 bits per heavy atom. The maximum Gasteiger partial charge on any atom is 0.349 e. The number of aliphatic imine (C=N–C) groups is 1. The van der Waals surface area contributed by atoms with Crippen molar-refractivity contribution >= 4 is 40.3 Å². The molecule has 10 nitrogen and oxygen atoms in total. The van der Waals surface area contributed by atoms with E-state index in [-0.39, 0.29) is 5.52 Å². The first-order chi connectivity index (χ1) is 17.9. The summed E-state index contributed by atoms with van der Waals surface area (Å²) in [5.74, 6) is -0.157. The number of anilines is 2. The lowest BCUT2D eigenvalue weighted by Crippen LogP contribution is -2.46. The Bertz CT molecular complexity index is 1520. The third-order valence-electron chi connectivity index (χ3n) is 7.53. The van der Waals surface area contributed by atoms with Crippen LogP contribution in [0.25, 0.3) is 10.9 Å². The van der Waals surface area contributed by atoms with Gasteiger partial charge in [0.15, 0.2) is 5.82 Å². The Labute approximate surface area is 213 Å². The summed E-state index contributed by atoms with van der Waals surface area (Å²) in [6.45, 7) is 7.51. The lowest BCUT2D eigenvalue weighted by molar-refractivity contribution is 0.0994. The van der Waals surface area contributed by atoms with Gasteiger partial charge in [-0.15, -0.1) is 0 Å². The van der Waals surface area contributed by atoms with Crippen LogP contribution in [0.3, 0.4) is 0 Å². The van der Waals surface area contributed by atoms with Gasteiger partial charge in [0.2, 0.25) is 0 Å². The van der Waals surface area contributed by atoms with E-state index in [1.807, 2.05) is 13.8 Å². The largest absolute Gasteiger partial charge is 0.367 e. The fourth-order valence-electron chi connectivity index (χ4n) is 5.44. The molecular formula is C26H29FN8O2. The molecule has 0 radical (unpaired) electrons. The molecule has 0 spiro atoms. The molecule has 2 aliphatic heterocycles. The highest BCUT2D eigenvalue weighted by Crippen LogP contribution is 2.43. The Kier molecular flexibility index (Phi) is 5.67. The van der Waals surface area contributed by atoms with Crippen molar-refractivity contribution in [3.8, 4) is 0 Å². The first-order valence-electron chi connectivity index (χ1n) is 12.7. The average Bonchev–Trinajstić information content (AvgIpc) is 3.73. The fraction of sp³-hybridized carbons (Fsp3) is 0.423. The number of aromatic nitrogens is 3. The van der Waals surface area contributed by atoms with Gasteiger partial charge in [-0.25, -0.2) is 19.2 Å². The van der Waals surface area contributed by atoms with E-state index < -0.39 is 17.4 Å². The van der Waals surface area contributed by atoms with Crippen LogP contribution in [-0.2, 0) is 13.1 Å². The summed E-state index contributed by atoms with van der Waals surface area (Å²) in [6, 6.07) is 3.88. The Hall–Kier alpha value is -3.86. The van der Waals surface area contributed by atoms with Gasteiger partial charge in [0, 0.05) is 44.8 Å². The lowest BCUT2D eigenvalue weighted by Gasteiger charge is -2.37. The Morgan fingerprint density at radius 3 is 2.62 bits per heavy atom. The number of nitrogens with zero attached hydrogens (tertiary/aromatic N) is 6. The smallest absolute Gasteiger partial charge is 0.349 e. The number of hydrogen-bond acceptors (Lipinski definition) is 8. The van der Waals surface area contributed by atoms with Gasteiger partial charge in [-0.2, -0.15) is 4.98 Å². The second-order valence-corrected chi connectivity index (χ2v) is 9.92. The molecule has 3 N–H and O–H groups in total. The van der Waals surface area contributed by atoms with Gasteiger partial charge in [0.1, 0.15) is 17.0 Å². The Balaban J connectivity index is 1.23. The van der Waals surface area contributed by atoms with E-state index in [4.69, 9.17) is 5.73 Å². The predicted octanol–water partition coefficient (Wildman–Crippen LogP) is 2.64. The highest BCUT2D eigenvalue weighted by molar-refractivity contribution is 6.06. The van der Waals surface area contributed by atoms with Gasteiger partial charge in [-0.1, -0.05) is 0 Å². The first kappa shape index (κ1) is 23.5. The van der Waals surface area contributed by atoms with Crippen LogP contribution in [0.2, 0.25) is 0 Å². The highest BCUT2D eigenvalue weighted by Gasteiger charge is 2.31. The standard InChI is InChI=1S/C26H29FN8O2/c1-3-35-25-20-18(29-13-30-25)10-16(21(27)23(20)32-26(35)37)12-33-6-8-34(9-7-33)19-11-17(15-4-5-15)22(24(28)36)31-14(19)2/h10-11,13,15H,3-9,12H2,1-2H3,(H2,28,36)(H,29,30). The van der Waals surface area contributed by atoms with Crippen molar-refractivity contribution in [2.75, 3.05) is 36.4 Å². The van der Waals surface area contributed by atoms with Gasteiger partial charge in [0.05, 0.1) is 28.8 Å². The molecule has 1 saturated heterocycles. The fourth-order valence-corrected chi connectivity index (χ4v) is 5.44. The van der Waals surface area contributed by atoms with Gasteiger partial charge < -0.3 is 16.0 Å². The summed E-state index contributed by atoms with van der Waals surface area (Å²) in [5.41, 5.74) is 9.49. The number of halogens is 1. The summed E-state index contributed by atoms with van der Waals surface area (Å²) in [5, 5.41) is 3.62. The van der Waals surface area contributed by atoms with E-state index in [0.29, 0.717) is 47.2 Å². The lowest BCUT2D eigenvalue weighted by atomic mass is 10.0. The van der Waals surface area contributed by atoms with Gasteiger partial charge in [0.25, 0.3) is 5.91 Å². The molecular weight excluding hydrogens is 475 g/mol. The summed E-state index contributed by atoms with van der Waals surface area (Å²) in [4.78, 5) is 41.8. The van der Waals surface area contributed by atoms with Crippen LogP contribution in [0.15, 0.2) is 21.9 Å². The van der Waals surface area contributed by atoms with Crippen molar-refractivity contribution in [3.05, 3.63) is 50.9 Å². The molecule has 1 saturated carbocycles. The SMILES string of the molecule is CCn1c2c3c(cc(CN4CCN(c5cc(C6CC6)c(C(N)=O)nc5C)CC4)c(F)c3nc1=O)NC=N2. The normalized spacial score (nSPS) is 17.3. The summed E-state index contributed by atoms with van der Waals surface area (Å²) < 4.78 is 17.1. The van der Waals surface area contributed by atoms with Gasteiger partial charge in [-0.05, 0) is 50.3 Å². The highest BCUT2D eigenvalue weighted by atomic mass is 19.1. The molecule has 4 heterocycles. The number of primary amides is 1. The van der Waals surface area contributed by atoms with Gasteiger partial charge >= 0.3 is 5.69 Å². The van der Waals surface area contributed by atoms with Crippen molar-refractivity contribution < 1.29 is 9.18 Å². The number of rotatable bonds is 6. The number of nitrogens with two attached hydrogens (primary N) is 1. The molecule has 3 aromatic rings. The van der Waals surface area contributed by atoms with Crippen molar-refractivity contribution in [2.45, 2.75) is 45.7 Å². The number of hydrogen-bond donors (Lipinski definition) is 2. The van der Waals surface area contributed by atoms with Crippen LogP contribution < -0.4 is 21.6 Å². The number of benzene rings is 1. The van der Waals surface area contributed by atoms with Crippen molar-refractivity contribution in [2.24, 2.45) is 10.7 Å². The number of nitrogens with one attached hydrogen (secondary N) is 1. The molecule has 1 amide bonds. The molecule has 3 aliphatic rings. The van der Waals surface area contributed by atoms with E-state index in [2.05, 4.69) is 36.1 Å². The monoisotopic (exact) mass is 504 g/mol. The van der Waals surface area contributed by atoms with Crippen molar-refractivity contribution in [3.63, 3.8) is 0 Å². The zero-order valence-electron chi connectivity index (χ0n) is 20.9. The number of amides is 1. The first-order valence-corrected chi connectivity index (χ1v) is 12.7. The zero-order chi connectivity index (χ0) is 25.8. The molecule has 1 aromatic carbocycles. The van der Waals surface area contributed by atoms with Crippen LogP contribution >= 0.6 is 0 Å². The molecule has 11 heteroatoms. The molecule has 1 aliphatic carbocycles. The molecule has 0 atom stereocenters. The molecule has 37 heavy (non-hydrogen) atoms. The minimum absolute atomic E-state index is 0.0593. The molecule has 0 bridgehead atoms. The van der Waals surface area contributed by atoms with Crippen LogP contribution in [0.1, 0.15) is 53.0 Å². The summed E-state index contributed by atoms with van der Waals surface area (Å²) in [6.07, 6.45) is 3.64. The molecule has 192 valence electrons. The van der Waals surface area contributed by atoms with Crippen LogP contribution in [-0.4, -0.2) is 57.9 Å². The Morgan fingerprint density at radius 2 is 1.95 bits per heavy atom. The van der Waals surface area contributed by atoms with Crippen LogP contribution in [0.5, 0.6) is 0 Å². The topological polar surface area (TPSA) is 122 Å². The maximum absolute atomic E-state index is 15.6. The molecule has 0 unspecified atom stereocenters. The van der Waals surface area contributed by atoms with Crippen LogP contribution in [0.4, 0.5) is 21.6 Å². The second kappa shape index (κ2) is 8.91. The van der Waals surface area contributed by atoms with E-state index in [9.17, 15) is 9.59 Å². The van der Waals surface area contributed by atoms with E-state index in [1.165, 1.54) is 10.9 Å². The molecule has 2 fully saturated rings. The number of pyridine rings is 1. The van der Waals surface area contributed by atoms with Gasteiger partial charge in [-0.3, -0.25) is 14.3 Å². The van der Waals surface area contributed by atoms with E-state index in [0.717, 1.165) is 56.0 Å². The third kappa shape index (κ3) is 4.03. The van der Waals surface area contributed by atoms with Crippen molar-refractivity contribution in [1.29, 1.82) is 0 Å². The number of piperazine rings is 1. The second-order valence-electron chi connectivity index (χ2n) is 9.92. The maximum atomic E-state index is 15.6. The van der Waals surface area contributed by atoms with Crippen molar-refractivity contribution in [1.82, 2.24) is 19.4 Å². The van der Waals surface area contributed by atoms with Crippen LogP contribution in [0, 0.1) is 12.7 Å².